The minimum absolute atomic E-state index is 0.0421. The zero-order valence-corrected chi connectivity index (χ0v) is 10.7. The number of hydrogen-bond acceptors (Lipinski definition) is 4. The summed E-state index contributed by atoms with van der Waals surface area (Å²) in [6.45, 7) is 7.65. The van der Waals surface area contributed by atoms with Gasteiger partial charge in [-0.2, -0.15) is 0 Å². The number of rotatable bonds is 8. The van der Waals surface area contributed by atoms with Gasteiger partial charge in [-0.3, -0.25) is 14.9 Å². The van der Waals surface area contributed by atoms with Gasteiger partial charge in [0.05, 0.1) is 12.1 Å². The summed E-state index contributed by atoms with van der Waals surface area (Å²) in [5.41, 5.74) is 5.44. The zero-order chi connectivity index (χ0) is 12.7. The molecule has 0 aromatic rings. The summed E-state index contributed by atoms with van der Waals surface area (Å²) in [5.74, 6) is 0.546. The third-order valence-corrected chi connectivity index (χ3v) is 2.55. The molecule has 0 heterocycles. The van der Waals surface area contributed by atoms with Crippen LogP contribution in [0.1, 0.15) is 40.5 Å². The Kier molecular flexibility index (Phi) is 7.17. The molecule has 0 saturated heterocycles. The maximum atomic E-state index is 11.4. The zero-order valence-electron chi connectivity index (χ0n) is 10.7. The van der Waals surface area contributed by atoms with Crippen molar-refractivity contribution in [3.05, 3.63) is 0 Å². The highest BCUT2D eigenvalue weighted by Crippen LogP contribution is 2.07. The average Bonchev–Trinajstić information content (AvgIpc) is 2.14. The van der Waals surface area contributed by atoms with Crippen molar-refractivity contribution in [2.24, 2.45) is 11.7 Å². The Labute approximate surface area is 98.0 Å². The molecule has 0 rings (SSSR count). The van der Waals surface area contributed by atoms with Crippen molar-refractivity contribution < 1.29 is 9.59 Å². The standard InChI is InChI=1S/C12H24N2O2/c1-8(2)7-12(10(4)16)14-11(5-6-13)9(3)15/h8,11-12,14H,5-7,13H2,1-4H3. The predicted molar refractivity (Wildman–Crippen MR) is 65.2 cm³/mol. The summed E-state index contributed by atoms with van der Waals surface area (Å²) >= 11 is 0. The van der Waals surface area contributed by atoms with Gasteiger partial charge < -0.3 is 5.73 Å². The fourth-order valence-electron chi connectivity index (χ4n) is 1.64. The van der Waals surface area contributed by atoms with Crippen molar-refractivity contribution in [1.82, 2.24) is 5.32 Å². The number of nitrogens with two attached hydrogens (primary N) is 1. The van der Waals surface area contributed by atoms with Gasteiger partial charge in [-0.25, -0.2) is 0 Å². The predicted octanol–water partition coefficient (Wildman–Crippen LogP) is 0.886. The van der Waals surface area contributed by atoms with Crippen molar-refractivity contribution in [2.75, 3.05) is 6.54 Å². The van der Waals surface area contributed by atoms with E-state index in [0.29, 0.717) is 18.9 Å². The lowest BCUT2D eigenvalue weighted by Crippen LogP contribution is -2.47. The first-order valence-corrected chi connectivity index (χ1v) is 5.85. The quantitative estimate of drug-likeness (QED) is 0.647. The molecule has 4 nitrogen and oxygen atoms in total. The van der Waals surface area contributed by atoms with Crippen LogP contribution in [0.5, 0.6) is 0 Å². The fraction of sp³-hybridized carbons (Fsp3) is 0.833. The minimum atomic E-state index is -0.294. The Hall–Kier alpha value is -0.740. The molecule has 3 N–H and O–H groups in total. The van der Waals surface area contributed by atoms with E-state index < -0.39 is 0 Å². The van der Waals surface area contributed by atoms with Gasteiger partial charge in [-0.15, -0.1) is 0 Å². The van der Waals surface area contributed by atoms with E-state index in [4.69, 9.17) is 5.73 Å². The molecular weight excluding hydrogens is 204 g/mol. The van der Waals surface area contributed by atoms with Gasteiger partial charge in [0, 0.05) is 0 Å². The normalized spacial score (nSPS) is 14.9. The lowest BCUT2D eigenvalue weighted by atomic mass is 9.98. The van der Waals surface area contributed by atoms with Gasteiger partial charge in [0.1, 0.15) is 11.6 Å². The van der Waals surface area contributed by atoms with Gasteiger partial charge in [0.15, 0.2) is 0 Å². The highest BCUT2D eigenvalue weighted by atomic mass is 16.1. The van der Waals surface area contributed by atoms with E-state index in [-0.39, 0.29) is 23.7 Å². The van der Waals surface area contributed by atoms with Gasteiger partial charge in [0.25, 0.3) is 0 Å². The molecule has 4 heteroatoms. The van der Waals surface area contributed by atoms with Crippen molar-refractivity contribution >= 4 is 11.6 Å². The summed E-state index contributed by atoms with van der Waals surface area (Å²) in [7, 11) is 0. The first-order valence-electron chi connectivity index (χ1n) is 5.85. The van der Waals surface area contributed by atoms with Crippen molar-refractivity contribution in [1.29, 1.82) is 0 Å². The highest BCUT2D eigenvalue weighted by molar-refractivity contribution is 5.85. The third kappa shape index (κ3) is 5.98. The number of hydrogen-bond donors (Lipinski definition) is 2. The van der Waals surface area contributed by atoms with Crippen molar-refractivity contribution in [2.45, 2.75) is 52.6 Å². The molecule has 0 aromatic heterocycles. The van der Waals surface area contributed by atoms with E-state index in [1.807, 2.05) is 0 Å². The molecule has 16 heavy (non-hydrogen) atoms. The molecular formula is C12H24N2O2. The Morgan fingerprint density at radius 1 is 1.12 bits per heavy atom. The van der Waals surface area contributed by atoms with E-state index >= 15 is 0 Å². The lowest BCUT2D eigenvalue weighted by molar-refractivity contribution is -0.121. The van der Waals surface area contributed by atoms with Crippen LogP contribution in [0.2, 0.25) is 0 Å². The summed E-state index contributed by atoms with van der Waals surface area (Å²) in [6, 6.07) is -0.530. The van der Waals surface area contributed by atoms with Gasteiger partial charge >= 0.3 is 0 Å². The van der Waals surface area contributed by atoms with Crippen LogP contribution < -0.4 is 11.1 Å². The molecule has 0 aliphatic carbocycles. The number of nitrogens with one attached hydrogen (secondary N) is 1. The maximum absolute atomic E-state index is 11.4. The molecule has 0 bridgehead atoms. The summed E-state index contributed by atoms with van der Waals surface area (Å²) in [6.07, 6.45) is 1.33. The van der Waals surface area contributed by atoms with E-state index in [0.717, 1.165) is 6.42 Å². The monoisotopic (exact) mass is 228 g/mol. The van der Waals surface area contributed by atoms with E-state index in [9.17, 15) is 9.59 Å². The van der Waals surface area contributed by atoms with Crippen LogP contribution in [0, 0.1) is 5.92 Å². The minimum Gasteiger partial charge on any atom is -0.330 e. The number of Topliss-reactive ketones (excluding diaryl/α,β-unsaturated/α-hetero) is 2. The number of carbonyl (C=O) groups is 2. The third-order valence-electron chi connectivity index (χ3n) is 2.55. The van der Waals surface area contributed by atoms with Gasteiger partial charge in [-0.05, 0) is 39.2 Å². The number of ketones is 2. The summed E-state index contributed by atoms with van der Waals surface area (Å²) < 4.78 is 0. The average molecular weight is 228 g/mol. The second-order valence-electron chi connectivity index (χ2n) is 4.70. The van der Waals surface area contributed by atoms with E-state index in [1.165, 1.54) is 6.92 Å². The Bertz CT molecular complexity index is 239. The highest BCUT2D eigenvalue weighted by Gasteiger charge is 2.22. The van der Waals surface area contributed by atoms with Crippen LogP contribution in [-0.2, 0) is 9.59 Å². The molecule has 2 unspecified atom stereocenters. The van der Waals surface area contributed by atoms with E-state index in [1.54, 1.807) is 6.92 Å². The van der Waals surface area contributed by atoms with Crippen LogP contribution >= 0.6 is 0 Å². The van der Waals surface area contributed by atoms with Crippen LogP contribution in [0.25, 0.3) is 0 Å². The van der Waals surface area contributed by atoms with Crippen LogP contribution in [0.3, 0.4) is 0 Å². The van der Waals surface area contributed by atoms with Gasteiger partial charge in [-0.1, -0.05) is 13.8 Å². The first-order chi connectivity index (χ1) is 7.38. The molecule has 2 atom stereocenters. The molecule has 0 aromatic carbocycles. The van der Waals surface area contributed by atoms with Crippen molar-refractivity contribution in [3.63, 3.8) is 0 Å². The molecule has 94 valence electrons. The molecule has 0 aliphatic rings. The van der Waals surface area contributed by atoms with Crippen LogP contribution in [-0.4, -0.2) is 30.2 Å². The fourth-order valence-corrected chi connectivity index (χ4v) is 1.64. The van der Waals surface area contributed by atoms with Crippen molar-refractivity contribution in [3.8, 4) is 0 Å². The molecule has 0 spiro atoms. The van der Waals surface area contributed by atoms with E-state index in [2.05, 4.69) is 19.2 Å². The Morgan fingerprint density at radius 3 is 1.94 bits per heavy atom. The lowest BCUT2D eigenvalue weighted by Gasteiger charge is -2.23. The Morgan fingerprint density at radius 2 is 1.62 bits per heavy atom. The molecule has 0 saturated carbocycles. The summed E-state index contributed by atoms with van der Waals surface area (Å²) in [5, 5.41) is 3.11. The SMILES string of the molecule is CC(=O)C(CCN)NC(CC(C)C)C(C)=O. The largest absolute Gasteiger partial charge is 0.330 e. The first kappa shape index (κ1) is 15.3. The second kappa shape index (κ2) is 7.52. The molecule has 0 amide bonds. The Balaban J connectivity index is 4.44. The van der Waals surface area contributed by atoms with Gasteiger partial charge in [0.2, 0.25) is 0 Å². The maximum Gasteiger partial charge on any atom is 0.146 e. The summed E-state index contributed by atoms with van der Waals surface area (Å²) in [4.78, 5) is 22.8. The number of carbonyl (C=O) groups excluding carboxylic acids is 2. The molecule has 0 radical (unpaired) electrons. The van der Waals surface area contributed by atoms with Crippen LogP contribution in [0.15, 0.2) is 0 Å². The molecule has 0 aliphatic heterocycles. The molecule has 0 fully saturated rings. The van der Waals surface area contributed by atoms with Crippen LogP contribution in [0.4, 0.5) is 0 Å². The smallest absolute Gasteiger partial charge is 0.146 e. The second-order valence-corrected chi connectivity index (χ2v) is 4.70. The topological polar surface area (TPSA) is 72.2 Å².